The standard InChI is InChI=1S/C8H7BrClNO/c1-4-6(9)3-2-5(7(4)10)8(11)12/h2-3H,1H3,(H2,11,12). The fourth-order valence-electron chi connectivity index (χ4n) is 0.852. The maximum Gasteiger partial charge on any atom is 0.250 e. The summed E-state index contributed by atoms with van der Waals surface area (Å²) in [4.78, 5) is 10.8. The summed E-state index contributed by atoms with van der Waals surface area (Å²) in [7, 11) is 0. The molecule has 1 aromatic carbocycles. The summed E-state index contributed by atoms with van der Waals surface area (Å²) in [5, 5.41) is 0.414. The van der Waals surface area contributed by atoms with Crippen molar-refractivity contribution in [1.82, 2.24) is 0 Å². The Kier molecular flexibility index (Phi) is 2.75. The van der Waals surface area contributed by atoms with E-state index in [4.69, 9.17) is 17.3 Å². The molecule has 1 rings (SSSR count). The van der Waals surface area contributed by atoms with Crippen molar-refractivity contribution in [2.75, 3.05) is 0 Å². The summed E-state index contributed by atoms with van der Waals surface area (Å²) in [5.74, 6) is -0.504. The Morgan fingerprint density at radius 1 is 1.58 bits per heavy atom. The van der Waals surface area contributed by atoms with Gasteiger partial charge in [-0.1, -0.05) is 27.5 Å². The van der Waals surface area contributed by atoms with Crippen LogP contribution in [0.2, 0.25) is 5.02 Å². The highest BCUT2D eigenvalue weighted by molar-refractivity contribution is 9.10. The van der Waals surface area contributed by atoms with E-state index in [-0.39, 0.29) is 0 Å². The van der Waals surface area contributed by atoms with E-state index in [9.17, 15) is 4.79 Å². The number of benzene rings is 1. The third kappa shape index (κ3) is 1.62. The van der Waals surface area contributed by atoms with Crippen LogP contribution < -0.4 is 5.73 Å². The van der Waals surface area contributed by atoms with Gasteiger partial charge in [0.25, 0.3) is 0 Å². The lowest BCUT2D eigenvalue weighted by Crippen LogP contribution is -2.11. The van der Waals surface area contributed by atoms with Crippen molar-refractivity contribution in [3.63, 3.8) is 0 Å². The Labute approximate surface area is 83.8 Å². The van der Waals surface area contributed by atoms with E-state index in [0.717, 1.165) is 10.0 Å². The highest BCUT2D eigenvalue weighted by Crippen LogP contribution is 2.26. The molecule has 2 N–H and O–H groups in total. The zero-order valence-corrected chi connectivity index (χ0v) is 8.74. The first-order valence-electron chi connectivity index (χ1n) is 3.28. The third-order valence-electron chi connectivity index (χ3n) is 1.59. The van der Waals surface area contributed by atoms with Gasteiger partial charge in [0.2, 0.25) is 5.91 Å². The molecule has 0 aromatic heterocycles. The molecule has 0 fully saturated rings. The number of hydrogen-bond donors (Lipinski definition) is 1. The largest absolute Gasteiger partial charge is 0.366 e. The van der Waals surface area contributed by atoms with Crippen LogP contribution in [0.4, 0.5) is 0 Å². The van der Waals surface area contributed by atoms with Crippen LogP contribution in [-0.4, -0.2) is 5.91 Å². The van der Waals surface area contributed by atoms with Gasteiger partial charge in [-0.05, 0) is 24.6 Å². The minimum atomic E-state index is -0.504. The number of nitrogens with two attached hydrogens (primary N) is 1. The van der Waals surface area contributed by atoms with Gasteiger partial charge in [0, 0.05) is 4.47 Å². The second kappa shape index (κ2) is 3.46. The van der Waals surface area contributed by atoms with Crippen LogP contribution in [0.15, 0.2) is 16.6 Å². The molecule has 0 saturated heterocycles. The second-order valence-electron chi connectivity index (χ2n) is 2.40. The van der Waals surface area contributed by atoms with Crippen LogP contribution in [-0.2, 0) is 0 Å². The number of carbonyl (C=O) groups is 1. The lowest BCUT2D eigenvalue weighted by molar-refractivity contribution is 0.100. The smallest absolute Gasteiger partial charge is 0.250 e. The Morgan fingerprint density at radius 2 is 2.17 bits per heavy atom. The number of rotatable bonds is 1. The summed E-state index contributed by atoms with van der Waals surface area (Å²) in [6.07, 6.45) is 0. The van der Waals surface area contributed by atoms with Gasteiger partial charge in [0.1, 0.15) is 0 Å². The average Bonchev–Trinajstić information content (AvgIpc) is 2.00. The number of carbonyl (C=O) groups excluding carboxylic acids is 1. The predicted octanol–water partition coefficient (Wildman–Crippen LogP) is 2.51. The van der Waals surface area contributed by atoms with Crippen molar-refractivity contribution < 1.29 is 4.79 Å². The van der Waals surface area contributed by atoms with Crippen molar-refractivity contribution >= 4 is 33.4 Å². The first-order chi connectivity index (χ1) is 5.54. The lowest BCUT2D eigenvalue weighted by atomic mass is 10.1. The van der Waals surface area contributed by atoms with E-state index in [0.29, 0.717) is 10.6 Å². The van der Waals surface area contributed by atoms with E-state index in [1.165, 1.54) is 0 Å². The fraction of sp³-hybridized carbons (Fsp3) is 0.125. The van der Waals surface area contributed by atoms with Crippen LogP contribution in [0, 0.1) is 6.92 Å². The number of hydrogen-bond acceptors (Lipinski definition) is 1. The van der Waals surface area contributed by atoms with Gasteiger partial charge in [0.05, 0.1) is 10.6 Å². The van der Waals surface area contributed by atoms with Crippen molar-refractivity contribution in [3.05, 3.63) is 32.8 Å². The first kappa shape index (κ1) is 9.55. The summed E-state index contributed by atoms with van der Waals surface area (Å²) >= 11 is 9.16. The van der Waals surface area contributed by atoms with E-state index >= 15 is 0 Å². The monoisotopic (exact) mass is 247 g/mol. The van der Waals surface area contributed by atoms with E-state index in [1.54, 1.807) is 12.1 Å². The Morgan fingerprint density at radius 3 is 2.67 bits per heavy atom. The zero-order valence-electron chi connectivity index (χ0n) is 6.40. The van der Waals surface area contributed by atoms with Gasteiger partial charge in [0.15, 0.2) is 0 Å². The molecule has 2 nitrogen and oxygen atoms in total. The molecule has 4 heteroatoms. The Hall–Kier alpha value is -0.540. The fourth-order valence-corrected chi connectivity index (χ4v) is 1.55. The first-order valence-corrected chi connectivity index (χ1v) is 4.45. The number of amides is 1. The molecule has 12 heavy (non-hydrogen) atoms. The SMILES string of the molecule is Cc1c(Br)ccc(C(N)=O)c1Cl. The van der Waals surface area contributed by atoms with Gasteiger partial charge in [-0.15, -0.1) is 0 Å². The molecule has 0 aliphatic carbocycles. The summed E-state index contributed by atoms with van der Waals surface area (Å²) in [6.45, 7) is 1.82. The quantitative estimate of drug-likeness (QED) is 0.815. The molecule has 0 heterocycles. The Balaban J connectivity index is 3.36. The molecule has 0 atom stereocenters. The van der Waals surface area contributed by atoms with Crippen molar-refractivity contribution in [3.8, 4) is 0 Å². The normalized spacial score (nSPS) is 9.92. The molecule has 0 bridgehead atoms. The average molecular weight is 249 g/mol. The number of primary amides is 1. The van der Waals surface area contributed by atoms with Crippen LogP contribution in [0.3, 0.4) is 0 Å². The zero-order chi connectivity index (χ0) is 9.30. The molecule has 0 aliphatic heterocycles. The van der Waals surface area contributed by atoms with Crippen molar-refractivity contribution in [2.45, 2.75) is 6.92 Å². The molecule has 0 saturated carbocycles. The van der Waals surface area contributed by atoms with Crippen molar-refractivity contribution in [2.24, 2.45) is 5.73 Å². The van der Waals surface area contributed by atoms with Crippen LogP contribution >= 0.6 is 27.5 Å². The van der Waals surface area contributed by atoms with Gasteiger partial charge in [-0.3, -0.25) is 4.79 Å². The topological polar surface area (TPSA) is 43.1 Å². The number of halogens is 2. The van der Waals surface area contributed by atoms with Gasteiger partial charge in [-0.25, -0.2) is 0 Å². The van der Waals surface area contributed by atoms with Gasteiger partial charge < -0.3 is 5.73 Å². The maximum atomic E-state index is 10.8. The summed E-state index contributed by atoms with van der Waals surface area (Å²) in [5.41, 5.74) is 6.28. The van der Waals surface area contributed by atoms with E-state index < -0.39 is 5.91 Å². The van der Waals surface area contributed by atoms with Crippen molar-refractivity contribution in [1.29, 1.82) is 0 Å². The van der Waals surface area contributed by atoms with Crippen LogP contribution in [0.25, 0.3) is 0 Å². The molecule has 1 aromatic rings. The minimum absolute atomic E-state index is 0.359. The van der Waals surface area contributed by atoms with E-state index in [1.807, 2.05) is 6.92 Å². The predicted molar refractivity (Wildman–Crippen MR) is 52.4 cm³/mol. The molecule has 64 valence electrons. The molecular formula is C8H7BrClNO. The summed E-state index contributed by atoms with van der Waals surface area (Å²) < 4.78 is 0.873. The molecule has 0 unspecified atom stereocenters. The molecule has 0 radical (unpaired) electrons. The second-order valence-corrected chi connectivity index (χ2v) is 3.63. The highest BCUT2D eigenvalue weighted by atomic mass is 79.9. The van der Waals surface area contributed by atoms with Crippen LogP contribution in [0.1, 0.15) is 15.9 Å². The molecule has 0 spiro atoms. The summed E-state index contributed by atoms with van der Waals surface area (Å²) in [6, 6.07) is 3.35. The highest BCUT2D eigenvalue weighted by Gasteiger charge is 2.09. The lowest BCUT2D eigenvalue weighted by Gasteiger charge is -2.04. The van der Waals surface area contributed by atoms with Gasteiger partial charge >= 0.3 is 0 Å². The van der Waals surface area contributed by atoms with Crippen LogP contribution in [0.5, 0.6) is 0 Å². The maximum absolute atomic E-state index is 10.8. The Bertz CT molecular complexity index is 338. The molecular weight excluding hydrogens is 241 g/mol. The minimum Gasteiger partial charge on any atom is -0.366 e. The van der Waals surface area contributed by atoms with E-state index in [2.05, 4.69) is 15.9 Å². The molecule has 0 aliphatic rings. The third-order valence-corrected chi connectivity index (χ3v) is 2.93. The van der Waals surface area contributed by atoms with Gasteiger partial charge in [-0.2, -0.15) is 0 Å². The molecule has 1 amide bonds.